The van der Waals surface area contributed by atoms with Crippen molar-refractivity contribution in [2.45, 2.75) is 49.9 Å². The van der Waals surface area contributed by atoms with Crippen LogP contribution in [0, 0.1) is 0 Å². The molecule has 0 saturated carbocycles. The molecular weight excluding hydrogens is 506 g/mol. The van der Waals surface area contributed by atoms with Crippen molar-refractivity contribution >= 4 is 46.4 Å². The standard InChI is InChI=1S/C24H24Cl4N2O3/c25-19-7-4-17(5-8-19)13-24(28,30-11-10-29-16-30)32-15-21-2-1-3-23(33-21)31-14-18-6-9-20(26)12-22(18)27/h4-12,16,21,23H,1-3,13-15H2. The van der Waals surface area contributed by atoms with Crippen molar-refractivity contribution in [1.82, 2.24) is 9.55 Å². The first-order valence-corrected chi connectivity index (χ1v) is 12.2. The van der Waals surface area contributed by atoms with Gasteiger partial charge in [0.2, 0.25) is 5.18 Å². The van der Waals surface area contributed by atoms with Crippen LogP contribution < -0.4 is 0 Å². The number of benzene rings is 2. The Morgan fingerprint density at radius 2 is 1.85 bits per heavy atom. The summed E-state index contributed by atoms with van der Waals surface area (Å²) in [5.41, 5.74) is 1.86. The van der Waals surface area contributed by atoms with Gasteiger partial charge in [-0.15, -0.1) is 0 Å². The highest BCUT2D eigenvalue weighted by molar-refractivity contribution is 6.35. The predicted molar refractivity (Wildman–Crippen MR) is 131 cm³/mol. The summed E-state index contributed by atoms with van der Waals surface area (Å²) in [6, 6.07) is 12.9. The van der Waals surface area contributed by atoms with Gasteiger partial charge in [0.05, 0.1) is 25.6 Å². The van der Waals surface area contributed by atoms with Gasteiger partial charge >= 0.3 is 0 Å². The second kappa shape index (κ2) is 11.4. The number of imidazole rings is 1. The lowest BCUT2D eigenvalue weighted by Gasteiger charge is -2.34. The summed E-state index contributed by atoms with van der Waals surface area (Å²) in [6.07, 6.45) is 7.68. The van der Waals surface area contributed by atoms with Gasteiger partial charge in [-0.05, 0) is 54.7 Å². The fraction of sp³-hybridized carbons (Fsp3) is 0.375. The Labute approximate surface area is 213 Å². The van der Waals surface area contributed by atoms with Crippen LogP contribution in [-0.4, -0.2) is 28.6 Å². The average molecular weight is 530 g/mol. The van der Waals surface area contributed by atoms with Gasteiger partial charge in [0.25, 0.3) is 0 Å². The predicted octanol–water partition coefficient (Wildman–Crippen LogP) is 7.06. The minimum Gasteiger partial charge on any atom is -0.348 e. The molecule has 176 valence electrons. The summed E-state index contributed by atoms with van der Waals surface area (Å²) in [7, 11) is 0. The molecule has 1 aliphatic heterocycles. The maximum atomic E-state index is 6.96. The molecule has 3 aromatic rings. The van der Waals surface area contributed by atoms with Crippen LogP contribution in [0.3, 0.4) is 0 Å². The smallest absolute Gasteiger partial charge is 0.227 e. The molecule has 3 atom stereocenters. The van der Waals surface area contributed by atoms with Gasteiger partial charge in [0.15, 0.2) is 6.29 Å². The van der Waals surface area contributed by atoms with Crippen molar-refractivity contribution in [2.24, 2.45) is 0 Å². The summed E-state index contributed by atoms with van der Waals surface area (Å²) >= 11 is 25.2. The van der Waals surface area contributed by atoms with Crippen LogP contribution in [0.25, 0.3) is 0 Å². The minimum absolute atomic E-state index is 0.142. The van der Waals surface area contributed by atoms with E-state index in [1.165, 1.54) is 0 Å². The quantitative estimate of drug-likeness (QED) is 0.278. The monoisotopic (exact) mass is 528 g/mol. The molecule has 0 amide bonds. The molecule has 9 heteroatoms. The van der Waals surface area contributed by atoms with Crippen molar-refractivity contribution in [3.63, 3.8) is 0 Å². The third-order valence-corrected chi connectivity index (χ3v) is 6.74. The normalized spacial score (nSPS) is 20.5. The lowest BCUT2D eigenvalue weighted by Crippen LogP contribution is -2.38. The van der Waals surface area contributed by atoms with Crippen molar-refractivity contribution in [2.75, 3.05) is 6.61 Å². The molecule has 5 nitrogen and oxygen atoms in total. The summed E-state index contributed by atoms with van der Waals surface area (Å²) in [4.78, 5) is 4.12. The number of ether oxygens (including phenoxy) is 3. The van der Waals surface area contributed by atoms with Crippen molar-refractivity contribution < 1.29 is 14.2 Å². The molecule has 4 rings (SSSR count). The molecule has 2 aromatic carbocycles. The van der Waals surface area contributed by atoms with Gasteiger partial charge in [0, 0.05) is 33.9 Å². The number of halogens is 4. The van der Waals surface area contributed by atoms with Crippen molar-refractivity contribution in [1.29, 1.82) is 0 Å². The Morgan fingerprint density at radius 3 is 2.58 bits per heavy atom. The zero-order valence-corrected chi connectivity index (χ0v) is 20.8. The van der Waals surface area contributed by atoms with E-state index in [2.05, 4.69) is 4.98 Å². The molecule has 0 spiro atoms. The van der Waals surface area contributed by atoms with E-state index in [1.54, 1.807) is 35.4 Å². The van der Waals surface area contributed by atoms with Crippen LogP contribution in [0.1, 0.15) is 30.4 Å². The topological polar surface area (TPSA) is 45.5 Å². The molecule has 0 aliphatic carbocycles. The molecule has 1 aliphatic rings. The molecule has 33 heavy (non-hydrogen) atoms. The largest absolute Gasteiger partial charge is 0.348 e. The Kier molecular flexibility index (Phi) is 8.58. The van der Waals surface area contributed by atoms with E-state index in [9.17, 15) is 0 Å². The Balaban J connectivity index is 1.35. The van der Waals surface area contributed by atoms with E-state index in [0.717, 1.165) is 30.4 Å². The Morgan fingerprint density at radius 1 is 1.06 bits per heavy atom. The number of hydrogen-bond acceptors (Lipinski definition) is 4. The average Bonchev–Trinajstić information content (AvgIpc) is 3.35. The number of nitrogens with zero attached hydrogens (tertiary/aromatic N) is 2. The van der Waals surface area contributed by atoms with E-state index < -0.39 is 5.18 Å². The third-order valence-electron chi connectivity index (χ3n) is 5.47. The molecule has 1 saturated heterocycles. The van der Waals surface area contributed by atoms with Gasteiger partial charge in [-0.1, -0.05) is 64.6 Å². The summed E-state index contributed by atoms with van der Waals surface area (Å²) < 4.78 is 20.1. The maximum absolute atomic E-state index is 6.96. The molecule has 1 aromatic heterocycles. The molecule has 1 fully saturated rings. The summed E-state index contributed by atoms with van der Waals surface area (Å²) in [6.45, 7) is 0.663. The Hall–Kier alpha value is -1.31. The number of alkyl halides is 1. The summed E-state index contributed by atoms with van der Waals surface area (Å²) in [5, 5.41) is 0.700. The van der Waals surface area contributed by atoms with Gasteiger partial charge in [0.1, 0.15) is 0 Å². The molecule has 0 N–H and O–H groups in total. The van der Waals surface area contributed by atoms with E-state index in [4.69, 9.17) is 60.6 Å². The first-order chi connectivity index (χ1) is 15.9. The second-order valence-corrected chi connectivity index (χ2v) is 9.81. The number of aromatic nitrogens is 2. The fourth-order valence-electron chi connectivity index (χ4n) is 3.68. The SMILES string of the molecule is Clc1ccc(CC(Cl)(OCC2CCCC(OCc3ccc(Cl)cc3Cl)O2)n2ccnc2)cc1. The lowest BCUT2D eigenvalue weighted by atomic mass is 10.1. The van der Waals surface area contributed by atoms with Gasteiger partial charge < -0.3 is 14.2 Å². The van der Waals surface area contributed by atoms with E-state index >= 15 is 0 Å². The highest BCUT2D eigenvalue weighted by Gasteiger charge is 2.33. The van der Waals surface area contributed by atoms with E-state index in [1.807, 2.05) is 30.3 Å². The van der Waals surface area contributed by atoms with Gasteiger partial charge in [-0.3, -0.25) is 4.57 Å². The van der Waals surface area contributed by atoms with E-state index in [-0.39, 0.29) is 12.4 Å². The van der Waals surface area contributed by atoms with Crippen molar-refractivity contribution in [3.8, 4) is 0 Å². The zero-order chi connectivity index (χ0) is 23.3. The van der Waals surface area contributed by atoms with Crippen LogP contribution in [-0.2, 0) is 32.4 Å². The van der Waals surface area contributed by atoms with Crippen LogP contribution in [0.4, 0.5) is 0 Å². The molecule has 3 unspecified atom stereocenters. The molecular formula is C24H24Cl4N2O3. The molecule has 0 radical (unpaired) electrons. The van der Waals surface area contributed by atoms with Crippen molar-refractivity contribution in [3.05, 3.63) is 87.4 Å². The molecule has 0 bridgehead atoms. The fourth-order valence-corrected chi connectivity index (χ4v) is 4.58. The third kappa shape index (κ3) is 6.86. The first kappa shape index (κ1) is 24.8. The Bertz CT molecular complexity index is 1030. The lowest BCUT2D eigenvalue weighted by molar-refractivity contribution is -0.218. The van der Waals surface area contributed by atoms with Crippen LogP contribution >= 0.6 is 46.4 Å². The van der Waals surface area contributed by atoms with Gasteiger partial charge in [-0.2, -0.15) is 0 Å². The van der Waals surface area contributed by atoms with Gasteiger partial charge in [-0.25, -0.2) is 4.98 Å². The summed E-state index contributed by atoms with van der Waals surface area (Å²) in [5.74, 6) is 0. The van der Waals surface area contributed by atoms with Crippen LogP contribution in [0.2, 0.25) is 15.1 Å². The highest BCUT2D eigenvalue weighted by Crippen LogP contribution is 2.31. The zero-order valence-electron chi connectivity index (χ0n) is 17.8. The molecule has 2 heterocycles. The highest BCUT2D eigenvalue weighted by atomic mass is 35.5. The minimum atomic E-state index is -1.14. The first-order valence-electron chi connectivity index (χ1n) is 10.7. The number of hydrogen-bond donors (Lipinski definition) is 0. The van der Waals surface area contributed by atoms with E-state index in [0.29, 0.717) is 34.7 Å². The second-order valence-electron chi connectivity index (χ2n) is 7.94. The van der Waals surface area contributed by atoms with Crippen LogP contribution in [0.15, 0.2) is 61.2 Å². The number of rotatable bonds is 9. The maximum Gasteiger partial charge on any atom is 0.227 e. The van der Waals surface area contributed by atoms with Crippen LogP contribution in [0.5, 0.6) is 0 Å².